The van der Waals surface area contributed by atoms with Gasteiger partial charge in [0.2, 0.25) is 0 Å². The molecule has 1 aromatic carbocycles. The standard InChI is InChI=1S/C15H23NO/c1-14(2,3)16-11-15(17)9-8-12-6-4-5-7-13(12)10-15/h4-7,16-17H,8-11H2,1-3H3. The molecule has 2 nitrogen and oxygen atoms in total. The Morgan fingerprint density at radius 2 is 1.88 bits per heavy atom. The zero-order valence-electron chi connectivity index (χ0n) is 11.1. The van der Waals surface area contributed by atoms with Crippen molar-refractivity contribution in [2.24, 2.45) is 0 Å². The fraction of sp³-hybridized carbons (Fsp3) is 0.600. The topological polar surface area (TPSA) is 32.3 Å². The number of rotatable bonds is 2. The summed E-state index contributed by atoms with van der Waals surface area (Å²) < 4.78 is 0. The van der Waals surface area contributed by atoms with Gasteiger partial charge in [0.15, 0.2) is 0 Å². The quantitative estimate of drug-likeness (QED) is 0.821. The normalized spacial score (nSPS) is 24.5. The summed E-state index contributed by atoms with van der Waals surface area (Å²) in [6.07, 6.45) is 2.61. The Hall–Kier alpha value is -0.860. The first-order chi connectivity index (χ1) is 7.88. The third kappa shape index (κ3) is 3.30. The van der Waals surface area contributed by atoms with Crippen LogP contribution in [0.15, 0.2) is 24.3 Å². The van der Waals surface area contributed by atoms with Gasteiger partial charge in [0.05, 0.1) is 5.60 Å². The average molecular weight is 233 g/mol. The maximum atomic E-state index is 10.6. The molecule has 17 heavy (non-hydrogen) atoms. The molecule has 0 spiro atoms. The first-order valence-corrected chi connectivity index (χ1v) is 6.42. The molecule has 1 aliphatic carbocycles. The highest BCUT2D eigenvalue weighted by molar-refractivity contribution is 5.31. The van der Waals surface area contributed by atoms with Gasteiger partial charge in [-0.05, 0) is 44.7 Å². The van der Waals surface area contributed by atoms with Gasteiger partial charge < -0.3 is 10.4 Å². The number of fused-ring (bicyclic) bond motifs is 1. The number of β-amino-alcohol motifs (C(OH)–C–C–N with tert-alkyl or cyclic N) is 1. The minimum absolute atomic E-state index is 0.0622. The molecule has 94 valence electrons. The van der Waals surface area contributed by atoms with Crippen LogP contribution in [0.3, 0.4) is 0 Å². The average Bonchev–Trinajstić information content (AvgIpc) is 2.26. The van der Waals surface area contributed by atoms with E-state index in [0.717, 1.165) is 19.3 Å². The maximum Gasteiger partial charge on any atom is 0.0815 e. The number of aryl methyl sites for hydroxylation is 1. The third-order valence-corrected chi connectivity index (χ3v) is 3.45. The van der Waals surface area contributed by atoms with Crippen molar-refractivity contribution in [2.75, 3.05) is 6.54 Å². The predicted octanol–water partition coefficient (Wildman–Crippen LogP) is 2.29. The number of hydrogen-bond acceptors (Lipinski definition) is 2. The summed E-state index contributed by atoms with van der Waals surface area (Å²) in [5.74, 6) is 0. The summed E-state index contributed by atoms with van der Waals surface area (Å²) in [7, 11) is 0. The highest BCUT2D eigenvalue weighted by atomic mass is 16.3. The summed E-state index contributed by atoms with van der Waals surface area (Å²) in [5, 5.41) is 14.0. The molecule has 0 aromatic heterocycles. The van der Waals surface area contributed by atoms with Gasteiger partial charge in [-0.1, -0.05) is 24.3 Å². The Balaban J connectivity index is 2.05. The van der Waals surface area contributed by atoms with Crippen molar-refractivity contribution in [3.8, 4) is 0 Å². The number of nitrogens with one attached hydrogen (secondary N) is 1. The summed E-state index contributed by atoms with van der Waals surface area (Å²) in [5.41, 5.74) is 2.18. The van der Waals surface area contributed by atoms with Crippen LogP contribution in [0.1, 0.15) is 38.3 Å². The van der Waals surface area contributed by atoms with E-state index in [9.17, 15) is 5.11 Å². The lowest BCUT2D eigenvalue weighted by molar-refractivity contribution is 0.0212. The van der Waals surface area contributed by atoms with Gasteiger partial charge in [-0.2, -0.15) is 0 Å². The number of aliphatic hydroxyl groups is 1. The maximum absolute atomic E-state index is 10.6. The van der Waals surface area contributed by atoms with E-state index in [-0.39, 0.29) is 5.54 Å². The summed E-state index contributed by atoms with van der Waals surface area (Å²) in [4.78, 5) is 0. The Labute approximate surface area is 104 Å². The highest BCUT2D eigenvalue weighted by Gasteiger charge is 2.32. The van der Waals surface area contributed by atoms with Gasteiger partial charge in [-0.25, -0.2) is 0 Å². The highest BCUT2D eigenvalue weighted by Crippen LogP contribution is 2.28. The lowest BCUT2D eigenvalue weighted by atomic mass is 9.80. The van der Waals surface area contributed by atoms with Gasteiger partial charge in [-0.15, -0.1) is 0 Å². The Bertz CT molecular complexity index is 394. The SMILES string of the molecule is CC(C)(C)NCC1(O)CCc2ccccc2C1. The first-order valence-electron chi connectivity index (χ1n) is 6.42. The molecule has 0 fully saturated rings. The van der Waals surface area contributed by atoms with Gasteiger partial charge in [0, 0.05) is 18.5 Å². The molecule has 0 saturated carbocycles. The summed E-state index contributed by atoms with van der Waals surface area (Å²) >= 11 is 0. The molecule has 0 amide bonds. The first kappa shape index (κ1) is 12.6. The summed E-state index contributed by atoms with van der Waals surface area (Å²) in [6, 6.07) is 8.45. The van der Waals surface area contributed by atoms with Crippen LogP contribution >= 0.6 is 0 Å². The van der Waals surface area contributed by atoms with Gasteiger partial charge in [0.25, 0.3) is 0 Å². The lowest BCUT2D eigenvalue weighted by Gasteiger charge is -2.36. The Morgan fingerprint density at radius 1 is 1.24 bits per heavy atom. The molecule has 1 aromatic rings. The largest absolute Gasteiger partial charge is 0.388 e. The second-order valence-electron chi connectivity index (χ2n) is 6.27. The van der Waals surface area contributed by atoms with Crippen molar-refractivity contribution >= 4 is 0 Å². The van der Waals surface area contributed by atoms with E-state index in [1.54, 1.807) is 0 Å². The van der Waals surface area contributed by atoms with Crippen molar-refractivity contribution in [2.45, 2.75) is 51.2 Å². The Kier molecular flexibility index (Phi) is 3.28. The molecular formula is C15H23NO. The van der Waals surface area contributed by atoms with Crippen molar-refractivity contribution in [3.63, 3.8) is 0 Å². The van der Waals surface area contributed by atoms with Crippen LogP contribution in [0.2, 0.25) is 0 Å². The van der Waals surface area contributed by atoms with Crippen molar-refractivity contribution < 1.29 is 5.11 Å². The zero-order chi connectivity index (χ0) is 12.5. The van der Waals surface area contributed by atoms with Crippen molar-refractivity contribution in [1.82, 2.24) is 5.32 Å². The fourth-order valence-corrected chi connectivity index (χ4v) is 2.36. The molecule has 0 radical (unpaired) electrons. The van der Waals surface area contributed by atoms with E-state index in [4.69, 9.17) is 0 Å². The number of benzene rings is 1. The fourth-order valence-electron chi connectivity index (χ4n) is 2.36. The smallest absolute Gasteiger partial charge is 0.0815 e. The minimum Gasteiger partial charge on any atom is -0.388 e. The molecule has 1 aliphatic rings. The minimum atomic E-state index is -0.582. The molecule has 2 rings (SSSR count). The van der Waals surface area contributed by atoms with E-state index in [1.165, 1.54) is 11.1 Å². The molecule has 0 aliphatic heterocycles. The second kappa shape index (κ2) is 4.43. The zero-order valence-corrected chi connectivity index (χ0v) is 11.1. The van der Waals surface area contributed by atoms with E-state index in [2.05, 4.69) is 50.4 Å². The van der Waals surface area contributed by atoms with E-state index < -0.39 is 5.60 Å². The Morgan fingerprint density at radius 3 is 2.53 bits per heavy atom. The van der Waals surface area contributed by atoms with Crippen molar-refractivity contribution in [3.05, 3.63) is 35.4 Å². The van der Waals surface area contributed by atoms with E-state index in [0.29, 0.717) is 6.54 Å². The molecular weight excluding hydrogens is 210 g/mol. The van der Waals surface area contributed by atoms with Crippen LogP contribution in [0.25, 0.3) is 0 Å². The van der Waals surface area contributed by atoms with Crippen LogP contribution in [0.4, 0.5) is 0 Å². The van der Waals surface area contributed by atoms with Gasteiger partial charge >= 0.3 is 0 Å². The lowest BCUT2D eigenvalue weighted by Crippen LogP contribution is -2.50. The molecule has 2 N–H and O–H groups in total. The predicted molar refractivity (Wildman–Crippen MR) is 71.2 cm³/mol. The van der Waals surface area contributed by atoms with Crippen LogP contribution < -0.4 is 5.32 Å². The van der Waals surface area contributed by atoms with Gasteiger partial charge in [-0.3, -0.25) is 0 Å². The van der Waals surface area contributed by atoms with E-state index in [1.807, 2.05) is 0 Å². The number of hydrogen-bond donors (Lipinski definition) is 2. The second-order valence-corrected chi connectivity index (χ2v) is 6.27. The van der Waals surface area contributed by atoms with E-state index >= 15 is 0 Å². The monoisotopic (exact) mass is 233 g/mol. The van der Waals surface area contributed by atoms with Crippen LogP contribution in [-0.4, -0.2) is 22.8 Å². The van der Waals surface area contributed by atoms with Crippen LogP contribution in [0, 0.1) is 0 Å². The van der Waals surface area contributed by atoms with Crippen LogP contribution in [0.5, 0.6) is 0 Å². The van der Waals surface area contributed by atoms with Crippen LogP contribution in [-0.2, 0) is 12.8 Å². The third-order valence-electron chi connectivity index (χ3n) is 3.45. The molecule has 0 heterocycles. The molecule has 0 saturated heterocycles. The summed E-state index contributed by atoms with van der Waals surface area (Å²) in [6.45, 7) is 7.07. The molecule has 1 atom stereocenters. The molecule has 1 unspecified atom stereocenters. The van der Waals surface area contributed by atoms with Crippen molar-refractivity contribution in [1.29, 1.82) is 0 Å². The van der Waals surface area contributed by atoms with Gasteiger partial charge in [0.1, 0.15) is 0 Å². The molecule has 2 heteroatoms. The molecule has 0 bridgehead atoms.